The Morgan fingerprint density at radius 2 is 2.16 bits per heavy atom. The van der Waals surface area contributed by atoms with Crippen molar-refractivity contribution >= 4 is 69.5 Å². The first-order valence-corrected chi connectivity index (χ1v) is 13.5. The molecule has 0 aliphatic carbocycles. The van der Waals surface area contributed by atoms with Crippen molar-refractivity contribution < 1.29 is 39.0 Å². The van der Waals surface area contributed by atoms with Crippen LogP contribution in [0.5, 0.6) is 0 Å². The summed E-state index contributed by atoms with van der Waals surface area (Å²) < 4.78 is 4.94. The lowest BCUT2D eigenvalue weighted by Gasteiger charge is -2.49. The molecule has 2 atom stereocenters. The zero-order valence-electron chi connectivity index (χ0n) is 19.4. The number of hydrogen-bond acceptors (Lipinski definition) is 14. The van der Waals surface area contributed by atoms with E-state index in [1.54, 1.807) is 0 Å². The van der Waals surface area contributed by atoms with Crippen LogP contribution in [0.2, 0.25) is 0 Å². The number of amides is 2. The quantitative estimate of drug-likeness (QED) is 0.0900. The van der Waals surface area contributed by atoms with Gasteiger partial charge >= 0.3 is 11.9 Å². The zero-order valence-corrected chi connectivity index (χ0v) is 21.9. The molecule has 1 fully saturated rings. The lowest BCUT2D eigenvalue weighted by molar-refractivity contribution is -0.150. The largest absolute Gasteiger partial charge is 0.480 e. The Morgan fingerprint density at radius 3 is 2.82 bits per heavy atom. The molecule has 1 saturated heterocycles. The summed E-state index contributed by atoms with van der Waals surface area (Å²) >= 11 is 3.55. The second-order valence-corrected chi connectivity index (χ2v) is 10.5. The Labute approximate surface area is 226 Å². The van der Waals surface area contributed by atoms with E-state index in [0.29, 0.717) is 16.6 Å². The molecule has 16 nitrogen and oxygen atoms in total. The number of fused-ring (bicyclic) bond motifs is 1. The summed E-state index contributed by atoms with van der Waals surface area (Å²) in [5.74, 6) is -2.90. The minimum atomic E-state index is -1.28. The lowest BCUT2D eigenvalue weighted by Crippen LogP contribution is -2.71. The summed E-state index contributed by atoms with van der Waals surface area (Å²) in [6.45, 7) is -0.565. The first-order chi connectivity index (χ1) is 18.2. The SMILES string of the molecule is CON=C(C(=O)N[C@@H]1C(=O)N2C(C(=O)O)=C(CSc3n[nH]c(COCC(=O)O)n3)CS[C@@H]12)c1csc(N)n1. The van der Waals surface area contributed by atoms with Gasteiger partial charge in [0.2, 0.25) is 5.16 Å². The molecule has 2 amide bonds. The van der Waals surface area contributed by atoms with Crippen LogP contribution >= 0.6 is 34.9 Å². The number of nitrogens with one attached hydrogen (secondary N) is 2. The van der Waals surface area contributed by atoms with Crippen molar-refractivity contribution in [1.29, 1.82) is 0 Å². The van der Waals surface area contributed by atoms with Crippen LogP contribution in [0.4, 0.5) is 5.13 Å². The number of thiazole rings is 1. The van der Waals surface area contributed by atoms with Crippen LogP contribution in [0.25, 0.3) is 0 Å². The molecule has 0 unspecified atom stereocenters. The number of aliphatic carboxylic acids is 2. The van der Waals surface area contributed by atoms with Crippen LogP contribution in [0, 0.1) is 0 Å². The number of nitrogens with zero attached hydrogens (tertiary/aromatic N) is 5. The third kappa shape index (κ3) is 5.90. The maximum absolute atomic E-state index is 12.9. The number of carboxylic acids is 2. The van der Waals surface area contributed by atoms with Gasteiger partial charge in [0.25, 0.3) is 11.8 Å². The minimum Gasteiger partial charge on any atom is -0.480 e. The van der Waals surface area contributed by atoms with E-state index in [2.05, 4.69) is 30.6 Å². The standard InChI is InChI=1S/C19H20N8O8S3/c1-34-26-11(8-6-37-18(20)21-8)14(30)23-12-15(31)27-13(17(32)33)7(4-36-16(12)27)5-38-19-22-9(24-25-19)2-35-3-10(28)29/h6,12,16H,2-5H2,1H3,(H2,20,21)(H,23,30)(H,28,29)(H,32,33)(H,22,24,25)/t12-,16+/m1/s1. The number of H-pyrrole nitrogens is 1. The van der Waals surface area contributed by atoms with E-state index < -0.39 is 41.8 Å². The van der Waals surface area contributed by atoms with Crippen molar-refractivity contribution in [2.24, 2.45) is 5.16 Å². The van der Waals surface area contributed by atoms with E-state index in [1.165, 1.54) is 24.3 Å². The topological polar surface area (TPSA) is 235 Å². The second-order valence-electron chi connectivity index (χ2n) is 7.55. The Balaban J connectivity index is 1.41. The maximum Gasteiger partial charge on any atom is 0.352 e. The normalized spacial score (nSPS) is 19.1. The molecule has 4 rings (SSSR count). The van der Waals surface area contributed by atoms with Gasteiger partial charge in [-0.25, -0.2) is 19.6 Å². The van der Waals surface area contributed by atoms with Crippen molar-refractivity contribution in [1.82, 2.24) is 30.4 Å². The maximum atomic E-state index is 12.9. The summed E-state index contributed by atoms with van der Waals surface area (Å²) in [7, 11) is 1.26. The van der Waals surface area contributed by atoms with Crippen LogP contribution in [-0.2, 0) is 35.4 Å². The summed E-state index contributed by atoms with van der Waals surface area (Å²) in [5.41, 5.74) is 5.97. The number of carbonyl (C=O) groups is 4. The van der Waals surface area contributed by atoms with E-state index in [1.807, 2.05) is 0 Å². The van der Waals surface area contributed by atoms with Crippen LogP contribution in [-0.4, -0.2) is 101 Å². The highest BCUT2D eigenvalue weighted by Gasteiger charge is 2.54. The molecule has 0 bridgehead atoms. The van der Waals surface area contributed by atoms with Crippen LogP contribution < -0.4 is 11.1 Å². The fraction of sp³-hybridized carbons (Fsp3) is 0.368. The fourth-order valence-corrected chi connectivity index (χ4v) is 6.34. The third-order valence-electron chi connectivity index (χ3n) is 5.05. The van der Waals surface area contributed by atoms with Crippen LogP contribution in [0.15, 0.2) is 27.0 Å². The van der Waals surface area contributed by atoms with E-state index in [4.69, 9.17) is 20.4 Å². The van der Waals surface area contributed by atoms with Gasteiger partial charge in [-0.2, -0.15) is 0 Å². The van der Waals surface area contributed by atoms with Gasteiger partial charge in [0.05, 0.1) is 0 Å². The number of oxime groups is 1. The Kier molecular flexibility index (Phi) is 8.49. The number of anilines is 1. The van der Waals surface area contributed by atoms with Crippen molar-refractivity contribution in [3.05, 3.63) is 28.2 Å². The molecular weight excluding hydrogens is 564 g/mol. The van der Waals surface area contributed by atoms with Crippen molar-refractivity contribution in [3.63, 3.8) is 0 Å². The van der Waals surface area contributed by atoms with E-state index in [9.17, 15) is 24.3 Å². The first-order valence-electron chi connectivity index (χ1n) is 10.6. The number of nitrogen functional groups attached to an aromatic ring is 1. The molecule has 6 N–H and O–H groups in total. The highest BCUT2D eigenvalue weighted by atomic mass is 32.2. The lowest BCUT2D eigenvalue weighted by atomic mass is 10.0. The average molecular weight is 585 g/mol. The molecule has 0 aromatic carbocycles. The van der Waals surface area contributed by atoms with Crippen molar-refractivity contribution in [2.75, 3.05) is 31.0 Å². The number of nitrogens with two attached hydrogens (primary N) is 1. The molecular formula is C19H20N8O8S3. The fourth-order valence-electron chi connectivity index (χ4n) is 3.49. The third-order valence-corrected chi connectivity index (χ3v) is 8.00. The average Bonchev–Trinajstić information content (AvgIpc) is 3.52. The summed E-state index contributed by atoms with van der Waals surface area (Å²) in [5, 5.41) is 32.8. The zero-order chi connectivity index (χ0) is 27.4. The monoisotopic (exact) mass is 584 g/mol. The van der Waals surface area contributed by atoms with Gasteiger partial charge in [-0.1, -0.05) is 16.9 Å². The van der Waals surface area contributed by atoms with Gasteiger partial charge in [-0.15, -0.1) is 28.2 Å². The highest BCUT2D eigenvalue weighted by Crippen LogP contribution is 2.41. The van der Waals surface area contributed by atoms with Crippen molar-refractivity contribution in [2.45, 2.75) is 23.2 Å². The van der Waals surface area contributed by atoms with Gasteiger partial charge in [0.1, 0.15) is 43.1 Å². The van der Waals surface area contributed by atoms with Gasteiger partial charge in [-0.05, 0) is 5.57 Å². The van der Waals surface area contributed by atoms with E-state index in [-0.39, 0.29) is 40.3 Å². The predicted molar refractivity (Wildman–Crippen MR) is 134 cm³/mol. The Morgan fingerprint density at radius 1 is 1.37 bits per heavy atom. The van der Waals surface area contributed by atoms with Gasteiger partial charge in [0, 0.05) is 16.9 Å². The molecule has 2 aromatic rings. The highest BCUT2D eigenvalue weighted by molar-refractivity contribution is 8.01. The number of β-lactam (4-membered cyclic amide) rings is 1. The molecule has 2 aliphatic rings. The number of ether oxygens (including phenoxy) is 1. The number of aromatic nitrogens is 4. The second kappa shape index (κ2) is 11.8. The Hall–Kier alpha value is -3.68. The number of aromatic amines is 1. The van der Waals surface area contributed by atoms with Crippen LogP contribution in [0.1, 0.15) is 11.5 Å². The van der Waals surface area contributed by atoms with E-state index >= 15 is 0 Å². The van der Waals surface area contributed by atoms with E-state index in [0.717, 1.165) is 28.0 Å². The molecule has 2 aromatic heterocycles. The summed E-state index contributed by atoms with van der Waals surface area (Å²) in [6, 6.07) is -0.976. The molecule has 202 valence electrons. The number of carboxylic acid groups (broad SMARTS) is 2. The van der Waals surface area contributed by atoms with Crippen molar-refractivity contribution in [3.8, 4) is 0 Å². The first kappa shape index (κ1) is 27.4. The molecule has 0 spiro atoms. The molecule has 0 radical (unpaired) electrons. The van der Waals surface area contributed by atoms with Gasteiger partial charge < -0.3 is 30.8 Å². The molecule has 2 aliphatic heterocycles. The smallest absolute Gasteiger partial charge is 0.352 e. The number of thioether (sulfide) groups is 2. The minimum absolute atomic E-state index is 0.0808. The number of rotatable bonds is 12. The Bertz CT molecular complexity index is 1320. The number of hydrogen-bond donors (Lipinski definition) is 5. The summed E-state index contributed by atoms with van der Waals surface area (Å²) in [6.07, 6.45) is 0. The summed E-state index contributed by atoms with van der Waals surface area (Å²) in [4.78, 5) is 62.5. The predicted octanol–water partition coefficient (Wildman–Crippen LogP) is -0.674. The van der Waals surface area contributed by atoms with Gasteiger partial charge in [-0.3, -0.25) is 19.6 Å². The number of carbonyl (C=O) groups excluding carboxylic acids is 2. The molecule has 19 heteroatoms. The molecule has 38 heavy (non-hydrogen) atoms. The van der Waals surface area contributed by atoms with Gasteiger partial charge in [0.15, 0.2) is 16.7 Å². The molecule has 4 heterocycles. The van der Waals surface area contributed by atoms with Crippen LogP contribution in [0.3, 0.4) is 0 Å². The molecule has 0 saturated carbocycles.